The van der Waals surface area contributed by atoms with Crippen molar-refractivity contribution in [2.45, 2.75) is 25.3 Å². The van der Waals surface area contributed by atoms with Crippen molar-refractivity contribution in [2.24, 2.45) is 0 Å². The lowest BCUT2D eigenvalue weighted by atomic mass is 9.99. The van der Waals surface area contributed by atoms with E-state index in [4.69, 9.17) is 13.7 Å². The first-order chi connectivity index (χ1) is 15.8. The monoisotopic (exact) mass is 474 g/mol. The second-order valence-electron chi connectivity index (χ2n) is 7.26. The third kappa shape index (κ3) is 4.93. The number of rotatable bonds is 7. The highest BCUT2D eigenvalue weighted by molar-refractivity contribution is 7.95. The highest BCUT2D eigenvalue weighted by atomic mass is 32.2. The molecule has 9 heteroatoms. The Morgan fingerprint density at radius 2 is 1.67 bits per heavy atom. The van der Waals surface area contributed by atoms with Crippen LogP contribution in [-0.2, 0) is 12.8 Å². The molecule has 0 unspecified atom stereocenters. The van der Waals surface area contributed by atoms with Crippen LogP contribution < -0.4 is 13.7 Å². The molecule has 0 aliphatic rings. The average Bonchev–Trinajstić information content (AvgIpc) is 2.81. The summed E-state index contributed by atoms with van der Waals surface area (Å²) >= 11 is -0.551. The quantitative estimate of drug-likeness (QED) is 0.285. The van der Waals surface area contributed by atoms with Gasteiger partial charge in [0.2, 0.25) is 0 Å². The van der Waals surface area contributed by atoms with Crippen molar-refractivity contribution in [1.82, 2.24) is 9.97 Å². The van der Waals surface area contributed by atoms with Crippen molar-refractivity contribution < 1.29 is 26.8 Å². The number of aryl methyl sites for hydroxylation is 1. The van der Waals surface area contributed by atoms with Gasteiger partial charge in [-0.2, -0.15) is 13.2 Å². The van der Waals surface area contributed by atoms with Gasteiger partial charge >= 0.3 is 5.51 Å². The summed E-state index contributed by atoms with van der Waals surface area (Å²) in [6.45, 7) is 2.03. The molecular weight excluding hydrogens is 453 g/mol. The summed E-state index contributed by atoms with van der Waals surface area (Å²) in [5.74, 6) is 1.28. The fourth-order valence-electron chi connectivity index (χ4n) is 3.71. The number of pyridine rings is 2. The predicted octanol–water partition coefficient (Wildman–Crippen LogP) is 6.50. The molecule has 2 heterocycles. The fourth-order valence-corrected chi connectivity index (χ4v) is 4.03. The highest BCUT2D eigenvalue weighted by Crippen LogP contribution is 2.37. The molecule has 4 aromatic rings. The standard InChI is InChI=1S/C24H21F3N2O3S/c1-4-19-18-12-22(31-3)21(30-2)11-17(18)15(13-28-19)10-16-9-8-14-6-5-7-20(23(14)29-16)32-33-24(25,26)27/h5-9,11-13H,4,10H2,1-3H3. The van der Waals surface area contributed by atoms with Gasteiger partial charge in [0.1, 0.15) is 5.52 Å². The Kier molecular flexibility index (Phi) is 6.51. The van der Waals surface area contributed by atoms with E-state index in [9.17, 15) is 13.2 Å². The van der Waals surface area contributed by atoms with E-state index in [1.54, 1.807) is 32.5 Å². The number of methoxy groups -OCH3 is 2. The van der Waals surface area contributed by atoms with Crippen LogP contribution in [0.5, 0.6) is 17.2 Å². The van der Waals surface area contributed by atoms with E-state index < -0.39 is 17.6 Å². The summed E-state index contributed by atoms with van der Waals surface area (Å²) in [5.41, 5.74) is -1.61. The van der Waals surface area contributed by atoms with E-state index in [0.717, 1.165) is 28.5 Å². The minimum atomic E-state index is -4.51. The molecule has 0 saturated carbocycles. The van der Waals surface area contributed by atoms with E-state index in [0.29, 0.717) is 34.5 Å². The van der Waals surface area contributed by atoms with Gasteiger partial charge in [-0.25, -0.2) is 4.98 Å². The zero-order valence-electron chi connectivity index (χ0n) is 18.2. The van der Waals surface area contributed by atoms with Crippen molar-refractivity contribution in [3.05, 3.63) is 65.6 Å². The molecule has 2 aromatic heterocycles. The Balaban J connectivity index is 1.77. The first-order valence-corrected chi connectivity index (χ1v) is 10.9. The number of alkyl halides is 3. The van der Waals surface area contributed by atoms with E-state index in [2.05, 4.69) is 9.97 Å². The minimum Gasteiger partial charge on any atom is -0.493 e. The second kappa shape index (κ2) is 9.35. The topological polar surface area (TPSA) is 53.5 Å². The lowest BCUT2D eigenvalue weighted by molar-refractivity contribution is -0.0369. The maximum atomic E-state index is 12.6. The number of nitrogens with zero attached hydrogens (tertiary/aromatic N) is 2. The summed E-state index contributed by atoms with van der Waals surface area (Å²) in [7, 11) is 3.17. The van der Waals surface area contributed by atoms with Gasteiger partial charge in [-0.05, 0) is 41.6 Å². The first kappa shape index (κ1) is 23.0. The normalized spacial score (nSPS) is 11.7. The van der Waals surface area contributed by atoms with Gasteiger partial charge in [-0.1, -0.05) is 25.1 Å². The average molecular weight is 475 g/mol. The fraction of sp³-hybridized carbons (Fsp3) is 0.250. The summed E-state index contributed by atoms with van der Waals surface area (Å²) in [6, 6.07) is 12.4. The molecule has 0 bridgehead atoms. The Hall–Kier alpha value is -3.20. The number of ether oxygens (including phenoxy) is 2. The van der Waals surface area contributed by atoms with Crippen molar-refractivity contribution in [3.8, 4) is 17.2 Å². The van der Waals surface area contributed by atoms with E-state index in [1.807, 2.05) is 31.2 Å². The van der Waals surface area contributed by atoms with Crippen LogP contribution in [0.4, 0.5) is 13.2 Å². The summed E-state index contributed by atoms with van der Waals surface area (Å²) in [4.78, 5) is 9.22. The maximum Gasteiger partial charge on any atom is 0.479 e. The van der Waals surface area contributed by atoms with Gasteiger partial charge in [0, 0.05) is 34.8 Å². The lowest BCUT2D eigenvalue weighted by Crippen LogP contribution is -2.03. The molecule has 0 N–H and O–H groups in total. The zero-order valence-corrected chi connectivity index (χ0v) is 19.0. The number of hydrogen-bond donors (Lipinski definition) is 0. The Bertz CT molecular complexity index is 1310. The van der Waals surface area contributed by atoms with Crippen LogP contribution in [0.15, 0.2) is 48.7 Å². The smallest absolute Gasteiger partial charge is 0.479 e. The van der Waals surface area contributed by atoms with Crippen LogP contribution in [0.2, 0.25) is 0 Å². The van der Waals surface area contributed by atoms with Crippen LogP contribution in [-0.4, -0.2) is 29.7 Å². The lowest BCUT2D eigenvalue weighted by Gasteiger charge is -2.14. The molecule has 2 aromatic carbocycles. The van der Waals surface area contributed by atoms with Gasteiger partial charge in [0.05, 0.1) is 14.2 Å². The summed E-state index contributed by atoms with van der Waals surface area (Å²) in [6.07, 6.45) is 2.98. The van der Waals surface area contributed by atoms with Crippen LogP contribution in [0.3, 0.4) is 0 Å². The van der Waals surface area contributed by atoms with Crippen molar-refractivity contribution >= 4 is 33.7 Å². The van der Waals surface area contributed by atoms with Crippen molar-refractivity contribution in [2.75, 3.05) is 14.2 Å². The van der Waals surface area contributed by atoms with E-state index >= 15 is 0 Å². The minimum absolute atomic E-state index is 0.0624. The predicted molar refractivity (Wildman–Crippen MR) is 123 cm³/mol. The third-order valence-corrected chi connectivity index (χ3v) is 5.68. The van der Waals surface area contributed by atoms with Crippen molar-refractivity contribution in [1.29, 1.82) is 0 Å². The Labute approximate surface area is 193 Å². The molecule has 0 spiro atoms. The zero-order chi connectivity index (χ0) is 23.6. The number of aromatic nitrogens is 2. The van der Waals surface area contributed by atoms with Crippen LogP contribution >= 0.6 is 12.0 Å². The number of benzene rings is 2. The molecule has 0 aliphatic heterocycles. The van der Waals surface area contributed by atoms with E-state index in [-0.39, 0.29) is 5.75 Å². The SMILES string of the molecule is CCc1ncc(Cc2ccc3cccc(OSC(F)(F)F)c3n2)c2cc(OC)c(OC)cc12. The first-order valence-electron chi connectivity index (χ1n) is 10.2. The van der Waals surface area contributed by atoms with Gasteiger partial charge in [-0.15, -0.1) is 0 Å². The third-order valence-electron chi connectivity index (χ3n) is 5.23. The molecule has 172 valence electrons. The summed E-state index contributed by atoms with van der Waals surface area (Å²) < 4.78 is 53.7. The molecule has 0 saturated heterocycles. The van der Waals surface area contributed by atoms with Gasteiger partial charge in [0.25, 0.3) is 0 Å². The van der Waals surface area contributed by atoms with Gasteiger partial charge < -0.3 is 13.7 Å². The van der Waals surface area contributed by atoms with Crippen LogP contribution in [0, 0.1) is 0 Å². The molecule has 0 amide bonds. The maximum absolute atomic E-state index is 12.6. The molecule has 0 atom stereocenters. The number of hydrogen-bond acceptors (Lipinski definition) is 6. The molecular formula is C24H21F3N2O3S. The van der Waals surface area contributed by atoms with Gasteiger partial charge in [-0.3, -0.25) is 4.98 Å². The van der Waals surface area contributed by atoms with Gasteiger partial charge in [0.15, 0.2) is 29.3 Å². The molecule has 33 heavy (non-hydrogen) atoms. The van der Waals surface area contributed by atoms with E-state index in [1.165, 1.54) is 6.07 Å². The second-order valence-corrected chi connectivity index (χ2v) is 8.05. The van der Waals surface area contributed by atoms with Crippen molar-refractivity contribution in [3.63, 3.8) is 0 Å². The molecule has 0 fully saturated rings. The Morgan fingerprint density at radius 3 is 2.33 bits per heavy atom. The van der Waals surface area contributed by atoms with Crippen LogP contribution in [0.25, 0.3) is 21.7 Å². The number of halogens is 3. The molecule has 0 radical (unpaired) electrons. The number of fused-ring (bicyclic) bond motifs is 2. The molecule has 5 nitrogen and oxygen atoms in total. The Morgan fingerprint density at radius 1 is 0.939 bits per heavy atom. The largest absolute Gasteiger partial charge is 0.493 e. The molecule has 0 aliphatic carbocycles. The highest BCUT2D eigenvalue weighted by Gasteiger charge is 2.31. The molecule has 4 rings (SSSR count). The van der Waals surface area contributed by atoms with Crippen LogP contribution in [0.1, 0.15) is 23.9 Å². The summed E-state index contributed by atoms with van der Waals surface area (Å²) in [5, 5.41) is 2.60. The number of para-hydroxylation sites is 1.